The van der Waals surface area contributed by atoms with E-state index in [9.17, 15) is 0 Å². The molecule has 0 saturated carbocycles. The number of hydrogen-bond acceptors (Lipinski definition) is 2. The van der Waals surface area contributed by atoms with Gasteiger partial charge in [0, 0.05) is 6.42 Å². The lowest BCUT2D eigenvalue weighted by Crippen LogP contribution is -2.00. The predicted octanol–water partition coefficient (Wildman–Crippen LogP) is 1.72. The minimum absolute atomic E-state index is 0.355. The third-order valence-electron chi connectivity index (χ3n) is 1.40. The Morgan fingerprint density at radius 2 is 2.50 bits per heavy atom. The zero-order valence-electron chi connectivity index (χ0n) is 6.43. The molecule has 58 valence electrons. The molecule has 0 aromatic rings. The second-order valence-corrected chi connectivity index (χ2v) is 2.56. The van der Waals surface area contributed by atoms with Gasteiger partial charge >= 0.3 is 0 Å². The lowest BCUT2D eigenvalue weighted by molar-refractivity contribution is 0.176. The van der Waals surface area contributed by atoms with E-state index in [4.69, 9.17) is 9.47 Å². The zero-order chi connectivity index (χ0) is 7.40. The smallest absolute Gasteiger partial charge is 0.116 e. The van der Waals surface area contributed by atoms with Crippen LogP contribution < -0.4 is 0 Å². The van der Waals surface area contributed by atoms with Crippen LogP contribution in [0.2, 0.25) is 0 Å². The van der Waals surface area contributed by atoms with Crippen molar-refractivity contribution < 1.29 is 9.47 Å². The highest BCUT2D eigenvalue weighted by Crippen LogP contribution is 2.12. The fourth-order valence-electron chi connectivity index (χ4n) is 0.726. The van der Waals surface area contributed by atoms with E-state index in [1.807, 2.05) is 0 Å². The molecule has 1 fully saturated rings. The molecule has 1 aliphatic rings. The standard InChI is InChI=1S/C8H14O2/c1-3-4-7(2)9-5-8-6-10-8/h8H,2-6H2,1H3/t8-/m0/s1. The quantitative estimate of drug-likeness (QED) is 0.430. The van der Waals surface area contributed by atoms with E-state index in [0.29, 0.717) is 12.7 Å². The van der Waals surface area contributed by atoms with E-state index >= 15 is 0 Å². The summed E-state index contributed by atoms with van der Waals surface area (Å²) in [6.07, 6.45) is 2.42. The first-order valence-electron chi connectivity index (χ1n) is 3.75. The van der Waals surface area contributed by atoms with Gasteiger partial charge < -0.3 is 9.47 Å². The van der Waals surface area contributed by atoms with Gasteiger partial charge in [0.05, 0.1) is 12.4 Å². The average Bonchev–Trinajstić information content (AvgIpc) is 2.67. The van der Waals surface area contributed by atoms with Gasteiger partial charge in [-0.1, -0.05) is 13.5 Å². The van der Waals surface area contributed by atoms with E-state index in [-0.39, 0.29) is 0 Å². The Kier molecular flexibility index (Phi) is 2.75. The highest BCUT2D eigenvalue weighted by molar-refractivity contribution is 4.83. The van der Waals surface area contributed by atoms with Crippen molar-refractivity contribution in [2.45, 2.75) is 25.9 Å². The fraction of sp³-hybridized carbons (Fsp3) is 0.750. The van der Waals surface area contributed by atoms with Gasteiger partial charge in [0.15, 0.2) is 0 Å². The summed E-state index contributed by atoms with van der Waals surface area (Å²) in [6, 6.07) is 0. The van der Waals surface area contributed by atoms with E-state index in [1.54, 1.807) is 0 Å². The summed E-state index contributed by atoms with van der Waals surface area (Å²) in [5.74, 6) is 0.887. The van der Waals surface area contributed by atoms with Crippen LogP contribution in [0.5, 0.6) is 0 Å². The van der Waals surface area contributed by atoms with Crippen LogP contribution in [0.3, 0.4) is 0 Å². The van der Waals surface area contributed by atoms with Crippen molar-refractivity contribution in [3.05, 3.63) is 12.3 Å². The topological polar surface area (TPSA) is 21.8 Å². The average molecular weight is 142 g/mol. The van der Waals surface area contributed by atoms with Crippen LogP contribution >= 0.6 is 0 Å². The molecule has 2 heteroatoms. The summed E-state index contributed by atoms with van der Waals surface area (Å²) in [4.78, 5) is 0. The number of hydrogen-bond donors (Lipinski definition) is 0. The molecule has 1 aliphatic heterocycles. The predicted molar refractivity (Wildman–Crippen MR) is 39.7 cm³/mol. The van der Waals surface area contributed by atoms with Gasteiger partial charge in [-0.25, -0.2) is 0 Å². The summed E-state index contributed by atoms with van der Waals surface area (Å²) in [7, 11) is 0. The van der Waals surface area contributed by atoms with Gasteiger partial charge in [0.2, 0.25) is 0 Å². The normalized spacial score (nSPS) is 22.3. The van der Waals surface area contributed by atoms with Crippen molar-refractivity contribution >= 4 is 0 Å². The third kappa shape index (κ3) is 2.87. The summed E-state index contributed by atoms with van der Waals surface area (Å²) in [5, 5.41) is 0. The molecular weight excluding hydrogens is 128 g/mol. The molecule has 0 aromatic carbocycles. The molecule has 1 heterocycles. The Balaban J connectivity index is 1.94. The second-order valence-electron chi connectivity index (χ2n) is 2.56. The van der Waals surface area contributed by atoms with E-state index in [1.165, 1.54) is 0 Å². The van der Waals surface area contributed by atoms with Crippen LogP contribution in [0.1, 0.15) is 19.8 Å². The van der Waals surface area contributed by atoms with Crippen molar-refractivity contribution in [3.8, 4) is 0 Å². The van der Waals surface area contributed by atoms with E-state index in [2.05, 4.69) is 13.5 Å². The molecule has 0 aromatic heterocycles. The van der Waals surface area contributed by atoms with Gasteiger partial charge in [-0.15, -0.1) is 0 Å². The number of epoxide rings is 1. The number of rotatable bonds is 5. The Bertz CT molecular complexity index is 116. The van der Waals surface area contributed by atoms with Gasteiger partial charge in [-0.05, 0) is 6.42 Å². The number of ether oxygens (including phenoxy) is 2. The second kappa shape index (κ2) is 3.62. The van der Waals surface area contributed by atoms with Crippen LogP contribution in [0.4, 0.5) is 0 Å². The molecule has 0 N–H and O–H groups in total. The van der Waals surface area contributed by atoms with Crippen LogP contribution in [0, 0.1) is 0 Å². The van der Waals surface area contributed by atoms with Crippen LogP contribution in [0.15, 0.2) is 12.3 Å². The number of allylic oxidation sites excluding steroid dienone is 1. The molecule has 2 nitrogen and oxygen atoms in total. The van der Waals surface area contributed by atoms with Crippen molar-refractivity contribution in [2.24, 2.45) is 0 Å². The first kappa shape index (κ1) is 7.61. The molecule has 0 radical (unpaired) electrons. The van der Waals surface area contributed by atoms with Gasteiger partial charge in [0.1, 0.15) is 12.7 Å². The molecule has 0 spiro atoms. The van der Waals surface area contributed by atoms with Crippen LogP contribution in [-0.4, -0.2) is 19.3 Å². The Labute approximate surface area is 61.8 Å². The molecule has 0 aliphatic carbocycles. The third-order valence-corrected chi connectivity index (χ3v) is 1.40. The van der Waals surface area contributed by atoms with E-state index in [0.717, 1.165) is 25.2 Å². The fourth-order valence-corrected chi connectivity index (χ4v) is 0.726. The monoisotopic (exact) mass is 142 g/mol. The highest BCUT2D eigenvalue weighted by atomic mass is 16.6. The van der Waals surface area contributed by atoms with Gasteiger partial charge in [-0.2, -0.15) is 0 Å². The summed E-state index contributed by atoms with van der Waals surface area (Å²) < 4.78 is 10.3. The molecule has 10 heavy (non-hydrogen) atoms. The maximum absolute atomic E-state index is 5.29. The van der Waals surface area contributed by atoms with Gasteiger partial charge in [-0.3, -0.25) is 0 Å². The minimum atomic E-state index is 0.355. The maximum Gasteiger partial charge on any atom is 0.116 e. The molecule has 1 saturated heterocycles. The van der Waals surface area contributed by atoms with Crippen molar-refractivity contribution in [3.63, 3.8) is 0 Å². The Morgan fingerprint density at radius 3 is 3.00 bits per heavy atom. The largest absolute Gasteiger partial charge is 0.496 e. The van der Waals surface area contributed by atoms with Crippen molar-refractivity contribution in [1.82, 2.24) is 0 Å². The van der Waals surface area contributed by atoms with E-state index < -0.39 is 0 Å². The first-order valence-corrected chi connectivity index (χ1v) is 3.75. The van der Waals surface area contributed by atoms with Crippen molar-refractivity contribution in [1.29, 1.82) is 0 Å². The Hall–Kier alpha value is -0.500. The highest BCUT2D eigenvalue weighted by Gasteiger charge is 2.22. The van der Waals surface area contributed by atoms with Crippen LogP contribution in [-0.2, 0) is 9.47 Å². The molecule has 1 atom stereocenters. The summed E-state index contributed by atoms with van der Waals surface area (Å²) in [6.45, 7) is 7.43. The molecule has 0 bridgehead atoms. The SMILES string of the molecule is C=C(CCC)OC[C@H]1CO1. The summed E-state index contributed by atoms with van der Waals surface area (Å²) in [5.41, 5.74) is 0. The molecule has 1 rings (SSSR count). The maximum atomic E-state index is 5.29. The van der Waals surface area contributed by atoms with Gasteiger partial charge in [0.25, 0.3) is 0 Å². The Morgan fingerprint density at radius 1 is 1.80 bits per heavy atom. The lowest BCUT2D eigenvalue weighted by Gasteiger charge is -2.04. The lowest BCUT2D eigenvalue weighted by atomic mass is 10.3. The molecule has 0 amide bonds. The van der Waals surface area contributed by atoms with Crippen molar-refractivity contribution in [2.75, 3.05) is 13.2 Å². The summed E-state index contributed by atoms with van der Waals surface area (Å²) >= 11 is 0. The minimum Gasteiger partial charge on any atom is -0.496 e. The zero-order valence-corrected chi connectivity index (χ0v) is 6.43. The molecule has 0 unspecified atom stereocenters. The van der Waals surface area contributed by atoms with Crippen LogP contribution in [0.25, 0.3) is 0 Å². The molecular formula is C8H14O2. The first-order chi connectivity index (χ1) is 4.83.